The van der Waals surface area contributed by atoms with Gasteiger partial charge in [-0.2, -0.15) is 0 Å². The van der Waals surface area contributed by atoms with Crippen LogP contribution in [0.15, 0.2) is 28.9 Å². The fourth-order valence-corrected chi connectivity index (χ4v) is 2.89. The second kappa shape index (κ2) is 6.19. The maximum Gasteiger partial charge on any atom is 0.315 e. The lowest BCUT2D eigenvalue weighted by Gasteiger charge is -2.14. The smallest absolute Gasteiger partial charge is 0.315 e. The van der Waals surface area contributed by atoms with Crippen LogP contribution in [0, 0.1) is 0 Å². The van der Waals surface area contributed by atoms with Gasteiger partial charge >= 0.3 is 6.03 Å². The number of phenolic OH excluding ortho intramolecular Hbond substituents is 1. The Bertz CT molecular complexity index is 746. The van der Waals surface area contributed by atoms with E-state index in [0.29, 0.717) is 11.6 Å². The molecule has 0 bridgehead atoms. The highest BCUT2D eigenvalue weighted by Crippen LogP contribution is 2.36. The molecule has 1 aromatic carbocycles. The number of aromatic nitrogens is 1. The number of nitrogens with zero attached hydrogens (tertiary/aromatic N) is 1. The number of oxazole rings is 1. The van der Waals surface area contributed by atoms with E-state index in [4.69, 9.17) is 4.42 Å². The van der Waals surface area contributed by atoms with E-state index in [2.05, 4.69) is 36.4 Å². The van der Waals surface area contributed by atoms with Crippen LogP contribution in [-0.4, -0.2) is 16.1 Å². The van der Waals surface area contributed by atoms with Crippen molar-refractivity contribution < 1.29 is 14.3 Å². The Labute approximate surface area is 141 Å². The lowest BCUT2D eigenvalue weighted by Crippen LogP contribution is -2.37. The van der Waals surface area contributed by atoms with Gasteiger partial charge in [-0.3, -0.25) is 0 Å². The van der Waals surface area contributed by atoms with Gasteiger partial charge in [0.15, 0.2) is 0 Å². The molecule has 2 amide bonds. The van der Waals surface area contributed by atoms with Crippen molar-refractivity contribution in [2.75, 3.05) is 0 Å². The number of hydrogen-bond acceptors (Lipinski definition) is 4. The number of carbonyl (C=O) groups excluding carboxylic acids is 1. The van der Waals surface area contributed by atoms with Gasteiger partial charge in [0.2, 0.25) is 5.89 Å². The summed E-state index contributed by atoms with van der Waals surface area (Å²) in [5, 5.41) is 15.6. The summed E-state index contributed by atoms with van der Waals surface area (Å²) in [6.07, 6.45) is 3.18. The number of phenols is 1. The molecule has 1 aliphatic carbocycles. The van der Waals surface area contributed by atoms with Crippen LogP contribution in [0.3, 0.4) is 0 Å². The summed E-state index contributed by atoms with van der Waals surface area (Å²) >= 11 is 0. The highest BCUT2D eigenvalue weighted by molar-refractivity contribution is 5.74. The predicted molar refractivity (Wildman–Crippen MR) is 89.7 cm³/mol. The van der Waals surface area contributed by atoms with Crippen LogP contribution in [0.4, 0.5) is 4.79 Å². The first-order valence-electron chi connectivity index (χ1n) is 8.14. The topological polar surface area (TPSA) is 87.4 Å². The molecule has 0 radical (unpaired) electrons. The predicted octanol–water partition coefficient (Wildman–Crippen LogP) is 3.16. The normalized spacial score (nSPS) is 16.7. The van der Waals surface area contributed by atoms with E-state index in [1.807, 2.05) is 6.07 Å². The Morgan fingerprint density at radius 3 is 2.92 bits per heavy atom. The Balaban J connectivity index is 1.56. The van der Waals surface area contributed by atoms with Crippen LogP contribution in [-0.2, 0) is 18.4 Å². The van der Waals surface area contributed by atoms with Gasteiger partial charge in [-0.05, 0) is 30.0 Å². The summed E-state index contributed by atoms with van der Waals surface area (Å²) in [4.78, 5) is 16.5. The molecule has 1 aliphatic rings. The number of benzene rings is 1. The molecular weight excluding hydrogens is 306 g/mol. The third-order valence-electron chi connectivity index (χ3n) is 4.27. The Kier molecular flexibility index (Phi) is 4.22. The van der Waals surface area contributed by atoms with E-state index in [1.54, 1.807) is 18.4 Å². The van der Waals surface area contributed by atoms with Crippen molar-refractivity contribution in [2.24, 2.45) is 0 Å². The van der Waals surface area contributed by atoms with Gasteiger partial charge in [-0.1, -0.05) is 32.9 Å². The lowest BCUT2D eigenvalue weighted by atomic mass is 9.93. The van der Waals surface area contributed by atoms with Crippen molar-refractivity contribution in [1.29, 1.82) is 0 Å². The van der Waals surface area contributed by atoms with Gasteiger partial charge in [-0.15, -0.1) is 0 Å². The largest absolute Gasteiger partial charge is 0.508 e. The quantitative estimate of drug-likeness (QED) is 0.807. The van der Waals surface area contributed by atoms with E-state index < -0.39 is 0 Å². The molecule has 3 rings (SSSR count). The number of carbonyl (C=O) groups is 1. The van der Waals surface area contributed by atoms with Gasteiger partial charge in [0.1, 0.15) is 12.0 Å². The molecule has 128 valence electrons. The van der Waals surface area contributed by atoms with Crippen molar-refractivity contribution in [3.05, 3.63) is 47.2 Å². The van der Waals surface area contributed by atoms with E-state index in [1.165, 1.54) is 0 Å². The summed E-state index contributed by atoms with van der Waals surface area (Å²) in [6, 6.07) is 5.06. The number of hydrogen-bond donors (Lipinski definition) is 3. The Morgan fingerprint density at radius 1 is 1.42 bits per heavy atom. The summed E-state index contributed by atoms with van der Waals surface area (Å²) in [6.45, 7) is 6.41. The highest BCUT2D eigenvalue weighted by atomic mass is 16.3. The summed E-state index contributed by atoms with van der Waals surface area (Å²) in [7, 11) is 0. The molecule has 24 heavy (non-hydrogen) atoms. The molecule has 1 heterocycles. The minimum absolute atomic E-state index is 0.0817. The van der Waals surface area contributed by atoms with Gasteiger partial charge < -0.3 is 20.2 Å². The van der Waals surface area contributed by atoms with Gasteiger partial charge in [0.05, 0.1) is 18.3 Å². The number of urea groups is 1. The standard InChI is InChI=1S/C18H23N3O3/c1-18(2,3)15-10-24-16(21-15)9-19-17(23)20-13-8-7-12-11(13)5-4-6-14(12)22/h4-6,10,13,22H,7-9H2,1-3H3,(H2,19,20,23). The Hall–Kier alpha value is -2.50. The molecule has 1 aromatic heterocycles. The zero-order valence-electron chi connectivity index (χ0n) is 14.2. The second-order valence-corrected chi connectivity index (χ2v) is 7.14. The summed E-state index contributed by atoms with van der Waals surface area (Å²) in [5.74, 6) is 0.784. The molecule has 2 aromatic rings. The first-order valence-corrected chi connectivity index (χ1v) is 8.14. The summed E-state index contributed by atoms with van der Waals surface area (Å²) < 4.78 is 5.40. The van der Waals surface area contributed by atoms with Crippen molar-refractivity contribution >= 4 is 6.03 Å². The molecule has 3 N–H and O–H groups in total. The maximum atomic E-state index is 12.1. The van der Waals surface area contributed by atoms with Gasteiger partial charge in [0, 0.05) is 5.41 Å². The zero-order chi connectivity index (χ0) is 17.3. The highest BCUT2D eigenvalue weighted by Gasteiger charge is 2.26. The first-order chi connectivity index (χ1) is 11.3. The SMILES string of the molecule is CC(C)(C)c1coc(CNC(=O)NC2CCc3c(O)cccc32)n1. The first kappa shape index (κ1) is 16.4. The number of nitrogens with one attached hydrogen (secondary N) is 2. The molecule has 6 heteroatoms. The number of amides is 2. The van der Waals surface area contributed by atoms with E-state index in [0.717, 1.165) is 29.7 Å². The molecule has 0 saturated carbocycles. The molecule has 0 aliphatic heterocycles. The molecule has 0 fully saturated rings. The Morgan fingerprint density at radius 2 is 2.21 bits per heavy atom. The van der Waals surface area contributed by atoms with Crippen LogP contribution >= 0.6 is 0 Å². The molecule has 1 atom stereocenters. The number of aromatic hydroxyl groups is 1. The second-order valence-electron chi connectivity index (χ2n) is 7.14. The third kappa shape index (κ3) is 3.37. The van der Waals surface area contributed by atoms with Crippen LogP contribution in [0.1, 0.15) is 55.9 Å². The average Bonchev–Trinajstić information content (AvgIpc) is 3.13. The molecule has 6 nitrogen and oxygen atoms in total. The van der Waals surface area contributed by atoms with Crippen molar-refractivity contribution in [1.82, 2.24) is 15.6 Å². The third-order valence-corrected chi connectivity index (χ3v) is 4.27. The van der Waals surface area contributed by atoms with Crippen molar-refractivity contribution in [2.45, 2.75) is 51.6 Å². The van der Waals surface area contributed by atoms with Crippen LogP contribution in [0.25, 0.3) is 0 Å². The molecular formula is C18H23N3O3. The minimum atomic E-state index is -0.272. The maximum absolute atomic E-state index is 12.1. The fourth-order valence-electron chi connectivity index (χ4n) is 2.89. The molecule has 1 unspecified atom stereocenters. The van der Waals surface area contributed by atoms with Crippen LogP contribution in [0.5, 0.6) is 5.75 Å². The molecule has 0 saturated heterocycles. The molecule has 0 spiro atoms. The number of fused-ring (bicyclic) bond motifs is 1. The fraction of sp³-hybridized carbons (Fsp3) is 0.444. The monoisotopic (exact) mass is 329 g/mol. The lowest BCUT2D eigenvalue weighted by molar-refractivity contribution is 0.235. The summed E-state index contributed by atoms with van der Waals surface area (Å²) in [5.41, 5.74) is 2.68. The van der Waals surface area contributed by atoms with Crippen LogP contribution in [0.2, 0.25) is 0 Å². The van der Waals surface area contributed by atoms with Crippen molar-refractivity contribution in [3.8, 4) is 5.75 Å². The van der Waals surface area contributed by atoms with E-state index in [9.17, 15) is 9.90 Å². The van der Waals surface area contributed by atoms with Gasteiger partial charge in [-0.25, -0.2) is 9.78 Å². The van der Waals surface area contributed by atoms with E-state index >= 15 is 0 Å². The van der Waals surface area contributed by atoms with Crippen LogP contribution < -0.4 is 10.6 Å². The van der Waals surface area contributed by atoms with Gasteiger partial charge in [0.25, 0.3) is 0 Å². The number of rotatable bonds is 3. The van der Waals surface area contributed by atoms with E-state index in [-0.39, 0.29) is 24.0 Å². The average molecular weight is 329 g/mol. The minimum Gasteiger partial charge on any atom is -0.508 e. The van der Waals surface area contributed by atoms with Crippen molar-refractivity contribution in [3.63, 3.8) is 0 Å². The zero-order valence-corrected chi connectivity index (χ0v) is 14.2.